The van der Waals surface area contributed by atoms with Gasteiger partial charge in [-0.1, -0.05) is 6.92 Å². The molecule has 3 saturated carbocycles. The second kappa shape index (κ2) is 2.98. The Morgan fingerprint density at radius 1 is 0.846 bits per heavy atom. The van der Waals surface area contributed by atoms with E-state index in [0.717, 1.165) is 17.8 Å². The van der Waals surface area contributed by atoms with Crippen molar-refractivity contribution in [2.24, 2.45) is 17.8 Å². The predicted octanol–water partition coefficient (Wildman–Crippen LogP) is 2.99. The van der Waals surface area contributed by atoms with Gasteiger partial charge in [0.25, 0.3) is 0 Å². The van der Waals surface area contributed by atoms with Gasteiger partial charge in [0.2, 0.25) is 0 Å². The number of fused-ring (bicyclic) bond motifs is 1. The van der Waals surface area contributed by atoms with Crippen LogP contribution >= 0.6 is 0 Å². The molecule has 0 heterocycles. The van der Waals surface area contributed by atoms with Gasteiger partial charge in [0.1, 0.15) is 0 Å². The maximum absolute atomic E-state index is 5.99. The lowest BCUT2D eigenvalue weighted by Crippen LogP contribution is -2.11. The van der Waals surface area contributed by atoms with Crippen LogP contribution in [0.5, 0.6) is 0 Å². The van der Waals surface area contributed by atoms with Crippen LogP contribution in [0, 0.1) is 17.8 Å². The standard InChI is InChI=1S/C12H20O/c1-8-4-9-6-12(7-10(9)5-8)13-11-2-3-11/h8-12H,2-7H2,1H3. The maximum Gasteiger partial charge on any atom is 0.0584 e. The fourth-order valence-corrected chi connectivity index (χ4v) is 3.45. The van der Waals surface area contributed by atoms with Crippen LogP contribution in [-0.4, -0.2) is 12.2 Å². The molecule has 1 nitrogen and oxygen atoms in total. The predicted molar refractivity (Wildman–Crippen MR) is 52.5 cm³/mol. The number of rotatable bonds is 2. The summed E-state index contributed by atoms with van der Waals surface area (Å²) >= 11 is 0. The molecule has 0 radical (unpaired) electrons. The average molecular weight is 180 g/mol. The van der Waals surface area contributed by atoms with Crippen LogP contribution in [0.1, 0.15) is 45.4 Å². The van der Waals surface area contributed by atoms with Crippen LogP contribution in [0.2, 0.25) is 0 Å². The summed E-state index contributed by atoms with van der Waals surface area (Å²) in [5.74, 6) is 3.05. The first kappa shape index (κ1) is 8.28. The molecule has 3 rings (SSSR count). The van der Waals surface area contributed by atoms with E-state index in [1.54, 1.807) is 0 Å². The fraction of sp³-hybridized carbons (Fsp3) is 1.00. The molecule has 1 heteroatoms. The normalized spacial score (nSPS) is 49.6. The van der Waals surface area contributed by atoms with Crippen LogP contribution in [0.4, 0.5) is 0 Å². The highest BCUT2D eigenvalue weighted by Gasteiger charge is 2.42. The first-order valence-corrected chi connectivity index (χ1v) is 5.96. The SMILES string of the molecule is CC1CC2CC(OC3CC3)CC2C1. The molecule has 2 atom stereocenters. The van der Waals surface area contributed by atoms with Crippen LogP contribution in [0.3, 0.4) is 0 Å². The molecule has 0 amide bonds. The van der Waals surface area contributed by atoms with Crippen LogP contribution < -0.4 is 0 Å². The number of hydrogen-bond donors (Lipinski definition) is 0. The summed E-state index contributed by atoms with van der Waals surface area (Å²) in [6, 6.07) is 0. The molecule has 0 N–H and O–H groups in total. The zero-order valence-electron chi connectivity index (χ0n) is 8.54. The van der Waals surface area contributed by atoms with Crippen molar-refractivity contribution >= 4 is 0 Å². The Labute approximate surface area is 80.8 Å². The van der Waals surface area contributed by atoms with E-state index in [4.69, 9.17) is 4.74 Å². The van der Waals surface area contributed by atoms with Crippen molar-refractivity contribution in [1.29, 1.82) is 0 Å². The zero-order chi connectivity index (χ0) is 8.84. The third kappa shape index (κ3) is 1.63. The first-order valence-electron chi connectivity index (χ1n) is 5.96. The Hall–Kier alpha value is -0.0400. The molecule has 13 heavy (non-hydrogen) atoms. The molecule has 74 valence electrons. The quantitative estimate of drug-likeness (QED) is 0.634. The molecule has 0 aromatic carbocycles. The van der Waals surface area contributed by atoms with Crippen LogP contribution in [0.15, 0.2) is 0 Å². The molecule has 3 fully saturated rings. The van der Waals surface area contributed by atoms with Gasteiger partial charge in [-0.25, -0.2) is 0 Å². The summed E-state index contributed by atoms with van der Waals surface area (Å²) < 4.78 is 5.99. The van der Waals surface area contributed by atoms with Crippen LogP contribution in [0.25, 0.3) is 0 Å². The Balaban J connectivity index is 1.55. The van der Waals surface area contributed by atoms with E-state index < -0.39 is 0 Å². The topological polar surface area (TPSA) is 9.23 Å². The highest BCUT2D eigenvalue weighted by Crippen LogP contribution is 2.48. The minimum Gasteiger partial charge on any atom is -0.375 e. The van der Waals surface area contributed by atoms with Crippen LogP contribution in [-0.2, 0) is 4.74 Å². The van der Waals surface area contributed by atoms with E-state index in [-0.39, 0.29) is 0 Å². The Kier molecular flexibility index (Phi) is 1.90. The van der Waals surface area contributed by atoms with Gasteiger partial charge in [0.05, 0.1) is 12.2 Å². The third-order valence-corrected chi connectivity index (χ3v) is 4.12. The number of ether oxygens (including phenoxy) is 1. The van der Waals surface area contributed by atoms with Gasteiger partial charge >= 0.3 is 0 Å². The monoisotopic (exact) mass is 180 g/mol. The summed E-state index contributed by atoms with van der Waals surface area (Å²) in [6.45, 7) is 2.41. The third-order valence-electron chi connectivity index (χ3n) is 4.12. The molecular weight excluding hydrogens is 160 g/mol. The van der Waals surface area contributed by atoms with E-state index in [2.05, 4.69) is 6.92 Å². The van der Waals surface area contributed by atoms with Crippen molar-refractivity contribution in [3.05, 3.63) is 0 Å². The Morgan fingerprint density at radius 3 is 2.00 bits per heavy atom. The highest BCUT2D eigenvalue weighted by molar-refractivity contribution is 4.92. The van der Waals surface area contributed by atoms with E-state index in [9.17, 15) is 0 Å². The second-order valence-corrected chi connectivity index (χ2v) is 5.53. The van der Waals surface area contributed by atoms with Crippen molar-refractivity contribution in [3.8, 4) is 0 Å². The lowest BCUT2D eigenvalue weighted by atomic mass is 10.0. The van der Waals surface area contributed by atoms with E-state index >= 15 is 0 Å². The van der Waals surface area contributed by atoms with E-state index in [0.29, 0.717) is 12.2 Å². The van der Waals surface area contributed by atoms with Gasteiger partial charge in [-0.05, 0) is 56.3 Å². The van der Waals surface area contributed by atoms with Gasteiger partial charge in [-0.3, -0.25) is 0 Å². The van der Waals surface area contributed by atoms with E-state index in [1.807, 2.05) is 0 Å². The van der Waals surface area contributed by atoms with Crippen molar-refractivity contribution in [3.63, 3.8) is 0 Å². The molecular formula is C12H20O. The lowest BCUT2D eigenvalue weighted by molar-refractivity contribution is 0.0386. The summed E-state index contributed by atoms with van der Waals surface area (Å²) in [4.78, 5) is 0. The number of hydrogen-bond acceptors (Lipinski definition) is 1. The molecule has 0 spiro atoms. The Bertz CT molecular complexity index is 183. The molecule has 0 aromatic heterocycles. The zero-order valence-corrected chi connectivity index (χ0v) is 8.54. The van der Waals surface area contributed by atoms with Crippen molar-refractivity contribution < 1.29 is 4.74 Å². The second-order valence-electron chi connectivity index (χ2n) is 5.53. The maximum atomic E-state index is 5.99. The first-order chi connectivity index (χ1) is 6.31. The molecule has 0 aromatic rings. The molecule has 2 unspecified atom stereocenters. The van der Waals surface area contributed by atoms with Crippen molar-refractivity contribution in [2.45, 2.75) is 57.7 Å². The molecule has 3 aliphatic rings. The summed E-state index contributed by atoms with van der Waals surface area (Å²) in [7, 11) is 0. The van der Waals surface area contributed by atoms with Crippen molar-refractivity contribution in [2.75, 3.05) is 0 Å². The smallest absolute Gasteiger partial charge is 0.0584 e. The average Bonchev–Trinajstić information content (AvgIpc) is 2.68. The molecule has 0 bridgehead atoms. The summed E-state index contributed by atoms with van der Waals surface area (Å²) in [5.41, 5.74) is 0. The fourth-order valence-electron chi connectivity index (χ4n) is 3.45. The van der Waals surface area contributed by atoms with E-state index in [1.165, 1.54) is 38.5 Å². The summed E-state index contributed by atoms with van der Waals surface area (Å²) in [5, 5.41) is 0. The van der Waals surface area contributed by atoms with Gasteiger partial charge in [0, 0.05) is 0 Å². The Morgan fingerprint density at radius 2 is 1.46 bits per heavy atom. The largest absolute Gasteiger partial charge is 0.375 e. The van der Waals surface area contributed by atoms with Gasteiger partial charge in [-0.2, -0.15) is 0 Å². The van der Waals surface area contributed by atoms with Gasteiger partial charge < -0.3 is 4.74 Å². The molecule has 0 aliphatic heterocycles. The van der Waals surface area contributed by atoms with Gasteiger partial charge in [-0.15, -0.1) is 0 Å². The highest BCUT2D eigenvalue weighted by atomic mass is 16.5. The lowest BCUT2D eigenvalue weighted by Gasteiger charge is -2.12. The minimum atomic E-state index is 0.648. The van der Waals surface area contributed by atoms with Gasteiger partial charge in [0.15, 0.2) is 0 Å². The minimum absolute atomic E-state index is 0.648. The molecule has 0 saturated heterocycles. The van der Waals surface area contributed by atoms with Crippen molar-refractivity contribution in [1.82, 2.24) is 0 Å². The molecule has 3 aliphatic carbocycles. The summed E-state index contributed by atoms with van der Waals surface area (Å²) in [6.07, 6.45) is 9.71.